The maximum absolute atomic E-state index is 11.8. The highest BCUT2D eigenvalue weighted by Crippen LogP contribution is 2.28. The molecule has 18 heavy (non-hydrogen) atoms. The quantitative estimate of drug-likeness (QED) is 0.254. The lowest BCUT2D eigenvalue weighted by atomic mass is 10.3. The molecule has 0 N–H and O–H groups in total. The van der Waals surface area contributed by atoms with Gasteiger partial charge in [-0.2, -0.15) is 0 Å². The summed E-state index contributed by atoms with van der Waals surface area (Å²) in [5.74, 6) is 0. The molecule has 0 bridgehead atoms. The van der Waals surface area contributed by atoms with Gasteiger partial charge >= 0.3 is 0 Å². The van der Waals surface area contributed by atoms with Crippen molar-refractivity contribution in [1.29, 1.82) is 0 Å². The van der Waals surface area contributed by atoms with Gasteiger partial charge in [-0.05, 0) is 11.6 Å². The lowest BCUT2D eigenvalue weighted by Crippen LogP contribution is -1.89. The minimum atomic E-state index is 0.316. The zero-order chi connectivity index (χ0) is 12.8. The van der Waals surface area contributed by atoms with E-state index in [0.29, 0.717) is 21.9 Å². The van der Waals surface area contributed by atoms with Gasteiger partial charge in [0, 0.05) is 22.2 Å². The van der Waals surface area contributed by atoms with E-state index in [2.05, 4.69) is 15.1 Å². The van der Waals surface area contributed by atoms with Crippen LogP contribution in [0.5, 0.6) is 0 Å². The molecule has 0 saturated carbocycles. The summed E-state index contributed by atoms with van der Waals surface area (Å²) in [5.41, 5.74) is 9.48. The molecular formula is C12H9N5O. The van der Waals surface area contributed by atoms with Crippen molar-refractivity contribution in [1.82, 2.24) is 0 Å². The lowest BCUT2D eigenvalue weighted by Gasteiger charge is -2.00. The summed E-state index contributed by atoms with van der Waals surface area (Å²) in [6.07, 6.45) is 0. The molecule has 2 rings (SSSR count). The summed E-state index contributed by atoms with van der Waals surface area (Å²) in [6, 6.07) is 15.2. The van der Waals surface area contributed by atoms with Gasteiger partial charge in [-0.1, -0.05) is 46.4 Å². The number of hydrogen-bond acceptors (Lipinski definition) is 3. The normalized spacial score (nSPS) is 10.8. The second-order valence-corrected chi connectivity index (χ2v) is 3.39. The SMILES string of the molecule is [N-]=[N+]=Nc1ccccc1N=[N+]([O-])c1ccccc1. The van der Waals surface area contributed by atoms with Crippen LogP contribution in [-0.2, 0) is 0 Å². The molecule has 0 atom stereocenters. The third kappa shape index (κ3) is 2.63. The van der Waals surface area contributed by atoms with Crippen molar-refractivity contribution < 1.29 is 4.86 Å². The molecular weight excluding hydrogens is 230 g/mol. The summed E-state index contributed by atoms with van der Waals surface area (Å²) in [6.45, 7) is 0. The first-order valence-corrected chi connectivity index (χ1v) is 5.19. The Hall–Kier alpha value is -2.85. The van der Waals surface area contributed by atoms with Crippen molar-refractivity contribution in [3.63, 3.8) is 0 Å². The van der Waals surface area contributed by atoms with E-state index in [9.17, 15) is 5.21 Å². The average molecular weight is 239 g/mol. The van der Waals surface area contributed by atoms with E-state index in [0.717, 1.165) is 0 Å². The van der Waals surface area contributed by atoms with Crippen molar-refractivity contribution in [2.75, 3.05) is 0 Å². The number of hydrogen-bond donors (Lipinski definition) is 0. The number of benzene rings is 2. The van der Waals surface area contributed by atoms with Gasteiger partial charge in [0.05, 0.1) is 5.69 Å². The highest BCUT2D eigenvalue weighted by molar-refractivity contribution is 5.60. The second-order valence-electron chi connectivity index (χ2n) is 3.39. The van der Waals surface area contributed by atoms with Crippen molar-refractivity contribution in [3.8, 4) is 0 Å². The molecule has 0 fully saturated rings. The molecule has 0 aliphatic rings. The molecule has 0 aliphatic carbocycles. The summed E-state index contributed by atoms with van der Waals surface area (Å²) < 4.78 is 0. The molecule has 0 unspecified atom stereocenters. The van der Waals surface area contributed by atoms with E-state index in [4.69, 9.17) is 5.53 Å². The van der Waals surface area contributed by atoms with Crippen LogP contribution in [-0.4, -0.2) is 4.86 Å². The Bertz CT molecular complexity index is 617. The van der Waals surface area contributed by atoms with E-state index >= 15 is 0 Å². The minimum Gasteiger partial charge on any atom is -0.594 e. The zero-order valence-corrected chi connectivity index (χ0v) is 9.34. The molecule has 6 nitrogen and oxygen atoms in total. The molecule has 0 radical (unpaired) electrons. The maximum atomic E-state index is 11.8. The van der Waals surface area contributed by atoms with Gasteiger partial charge in [-0.3, -0.25) is 0 Å². The van der Waals surface area contributed by atoms with Gasteiger partial charge in [-0.15, -0.1) is 0 Å². The minimum absolute atomic E-state index is 0.316. The van der Waals surface area contributed by atoms with Crippen molar-refractivity contribution >= 4 is 17.1 Å². The molecule has 0 aliphatic heterocycles. The van der Waals surface area contributed by atoms with E-state index in [1.54, 1.807) is 48.5 Å². The van der Waals surface area contributed by atoms with Crippen LogP contribution in [0.15, 0.2) is 64.8 Å². The average Bonchev–Trinajstić information content (AvgIpc) is 2.42. The number of nitrogens with zero attached hydrogens (tertiary/aromatic N) is 5. The first kappa shape index (κ1) is 11.6. The first-order chi connectivity index (χ1) is 8.81. The van der Waals surface area contributed by atoms with Gasteiger partial charge in [0.2, 0.25) is 5.69 Å². The Balaban J connectivity index is 2.42. The fourth-order valence-corrected chi connectivity index (χ4v) is 1.39. The highest BCUT2D eigenvalue weighted by atomic mass is 16.5. The highest BCUT2D eigenvalue weighted by Gasteiger charge is 2.05. The fraction of sp³-hybridized carbons (Fsp3) is 0. The number of rotatable bonds is 3. The van der Waals surface area contributed by atoms with Gasteiger partial charge in [0.15, 0.2) is 0 Å². The van der Waals surface area contributed by atoms with E-state index in [1.807, 2.05) is 6.07 Å². The van der Waals surface area contributed by atoms with Gasteiger partial charge in [0.25, 0.3) is 0 Å². The lowest BCUT2D eigenvalue weighted by molar-refractivity contribution is -0.435. The summed E-state index contributed by atoms with van der Waals surface area (Å²) >= 11 is 0. The first-order valence-electron chi connectivity index (χ1n) is 5.19. The van der Waals surface area contributed by atoms with Crippen molar-refractivity contribution in [2.45, 2.75) is 0 Å². The summed E-state index contributed by atoms with van der Waals surface area (Å²) in [7, 11) is 0. The molecule has 2 aromatic carbocycles. The monoisotopic (exact) mass is 239 g/mol. The molecule has 2 aromatic rings. The van der Waals surface area contributed by atoms with Gasteiger partial charge < -0.3 is 5.21 Å². The van der Waals surface area contributed by atoms with Crippen molar-refractivity contribution in [2.24, 2.45) is 10.2 Å². The molecule has 0 amide bonds. The second kappa shape index (κ2) is 5.47. The molecule has 6 heteroatoms. The fourth-order valence-electron chi connectivity index (χ4n) is 1.39. The van der Waals surface area contributed by atoms with E-state index in [-0.39, 0.29) is 0 Å². The number of azide groups is 1. The Labute approximate surface area is 103 Å². The largest absolute Gasteiger partial charge is 0.594 e. The zero-order valence-electron chi connectivity index (χ0n) is 9.34. The molecule has 0 aromatic heterocycles. The van der Waals surface area contributed by atoms with Crippen LogP contribution >= 0.6 is 0 Å². The van der Waals surface area contributed by atoms with Crippen LogP contribution in [0.25, 0.3) is 10.4 Å². The van der Waals surface area contributed by atoms with E-state index < -0.39 is 0 Å². The van der Waals surface area contributed by atoms with Gasteiger partial charge in [0.1, 0.15) is 5.69 Å². The third-order valence-corrected chi connectivity index (χ3v) is 2.21. The maximum Gasteiger partial charge on any atom is 0.244 e. The predicted molar refractivity (Wildman–Crippen MR) is 67.1 cm³/mol. The Morgan fingerprint density at radius 2 is 1.56 bits per heavy atom. The van der Waals surface area contributed by atoms with Gasteiger partial charge in [-0.25, -0.2) is 0 Å². The van der Waals surface area contributed by atoms with Crippen LogP contribution in [0.3, 0.4) is 0 Å². The Morgan fingerprint density at radius 1 is 0.944 bits per heavy atom. The number of para-hydroxylation sites is 1. The molecule has 0 saturated heterocycles. The molecule has 0 spiro atoms. The van der Waals surface area contributed by atoms with Crippen LogP contribution in [0.4, 0.5) is 17.1 Å². The Kier molecular flexibility index (Phi) is 3.53. The summed E-state index contributed by atoms with van der Waals surface area (Å²) in [4.78, 5) is 3.18. The van der Waals surface area contributed by atoms with Crippen LogP contribution < -0.4 is 0 Å². The van der Waals surface area contributed by atoms with E-state index in [1.165, 1.54) is 0 Å². The topological polar surface area (TPSA) is 87.2 Å². The molecule has 0 heterocycles. The predicted octanol–water partition coefficient (Wildman–Crippen LogP) is 4.55. The van der Waals surface area contributed by atoms with Crippen LogP contribution in [0.1, 0.15) is 0 Å². The number of azo groups is 1. The van der Waals surface area contributed by atoms with Crippen molar-refractivity contribution in [3.05, 3.63) is 70.2 Å². The summed E-state index contributed by atoms with van der Waals surface area (Å²) in [5, 5.41) is 19.1. The smallest absolute Gasteiger partial charge is 0.244 e. The van der Waals surface area contributed by atoms with Crippen LogP contribution in [0.2, 0.25) is 0 Å². The van der Waals surface area contributed by atoms with Crippen LogP contribution in [0, 0.1) is 5.21 Å². The Morgan fingerprint density at radius 3 is 2.22 bits per heavy atom. The third-order valence-electron chi connectivity index (χ3n) is 2.21. The molecule has 88 valence electrons. The standard InChI is InChI=1S/C12H9N5O/c13-16-14-11-8-4-5-9-12(11)15-17(18)10-6-2-1-3-7-10/h1-9H.